The van der Waals surface area contributed by atoms with Crippen LogP contribution in [0.15, 0.2) is 0 Å². The number of nitrogens with zero attached hydrogens (tertiary/aromatic N) is 1. The molecule has 0 heterocycles. The van der Waals surface area contributed by atoms with Crippen LogP contribution in [0.4, 0.5) is 0 Å². The Morgan fingerprint density at radius 3 is 2.17 bits per heavy atom. The summed E-state index contributed by atoms with van der Waals surface area (Å²) in [5.41, 5.74) is 5.64. The fourth-order valence-corrected chi connectivity index (χ4v) is 3.04. The van der Waals surface area contributed by atoms with Gasteiger partial charge in [-0.1, -0.05) is 26.7 Å². The molecule has 106 valence electrons. The molecule has 1 atom stereocenters. The number of hydrogen-bond donors (Lipinski definition) is 1. The summed E-state index contributed by atoms with van der Waals surface area (Å²) < 4.78 is 0. The first-order valence-electron chi connectivity index (χ1n) is 7.49. The van der Waals surface area contributed by atoms with Gasteiger partial charge in [-0.3, -0.25) is 4.79 Å². The standard InChI is InChI=1S/C15H30N2O/c1-5-9-15(11-16,10-6-2)14(18)17(4)12(3)13-7-8-13/h12-13H,5-11,16H2,1-4H3. The van der Waals surface area contributed by atoms with Crippen LogP contribution in [-0.4, -0.2) is 30.4 Å². The average molecular weight is 254 g/mol. The molecule has 0 radical (unpaired) electrons. The minimum atomic E-state index is -0.318. The van der Waals surface area contributed by atoms with Crippen molar-refractivity contribution in [2.45, 2.75) is 65.3 Å². The molecule has 2 N–H and O–H groups in total. The Kier molecular flexibility index (Phi) is 5.64. The molecule has 0 aromatic carbocycles. The van der Waals surface area contributed by atoms with E-state index >= 15 is 0 Å². The van der Waals surface area contributed by atoms with Crippen molar-refractivity contribution in [3.05, 3.63) is 0 Å². The highest BCUT2D eigenvalue weighted by molar-refractivity contribution is 5.83. The Balaban J connectivity index is 2.78. The number of rotatable bonds is 8. The topological polar surface area (TPSA) is 46.3 Å². The lowest BCUT2D eigenvalue weighted by molar-refractivity contribution is -0.143. The largest absolute Gasteiger partial charge is 0.342 e. The van der Waals surface area contributed by atoms with Gasteiger partial charge in [0.25, 0.3) is 0 Å². The molecule has 18 heavy (non-hydrogen) atoms. The maximum Gasteiger partial charge on any atom is 0.230 e. The normalized spacial score (nSPS) is 17.6. The maximum atomic E-state index is 12.8. The molecule has 1 unspecified atom stereocenters. The van der Waals surface area contributed by atoms with Crippen LogP contribution >= 0.6 is 0 Å². The fourth-order valence-electron chi connectivity index (χ4n) is 3.04. The van der Waals surface area contributed by atoms with E-state index < -0.39 is 0 Å². The fraction of sp³-hybridized carbons (Fsp3) is 0.933. The molecule has 0 bridgehead atoms. The van der Waals surface area contributed by atoms with Crippen molar-refractivity contribution in [2.75, 3.05) is 13.6 Å². The Bertz CT molecular complexity index is 268. The van der Waals surface area contributed by atoms with Crippen molar-refractivity contribution in [1.29, 1.82) is 0 Å². The van der Waals surface area contributed by atoms with E-state index in [2.05, 4.69) is 20.8 Å². The quantitative estimate of drug-likeness (QED) is 0.724. The van der Waals surface area contributed by atoms with Gasteiger partial charge >= 0.3 is 0 Å². The van der Waals surface area contributed by atoms with Gasteiger partial charge in [0.15, 0.2) is 0 Å². The van der Waals surface area contributed by atoms with Crippen LogP contribution < -0.4 is 5.73 Å². The predicted octanol–water partition coefficient (Wildman–Crippen LogP) is 2.79. The van der Waals surface area contributed by atoms with E-state index in [9.17, 15) is 4.79 Å². The van der Waals surface area contributed by atoms with Crippen molar-refractivity contribution in [3.63, 3.8) is 0 Å². The van der Waals surface area contributed by atoms with E-state index in [1.54, 1.807) is 0 Å². The molecule has 3 nitrogen and oxygen atoms in total. The summed E-state index contributed by atoms with van der Waals surface area (Å²) in [6.45, 7) is 6.93. The minimum absolute atomic E-state index is 0.271. The highest BCUT2D eigenvalue weighted by Gasteiger charge is 2.41. The molecule has 1 aliphatic carbocycles. The molecule has 1 amide bonds. The number of nitrogens with two attached hydrogens (primary N) is 1. The molecule has 1 saturated carbocycles. The predicted molar refractivity (Wildman–Crippen MR) is 76.3 cm³/mol. The van der Waals surface area contributed by atoms with Gasteiger partial charge < -0.3 is 10.6 Å². The molecule has 1 rings (SSSR count). The van der Waals surface area contributed by atoms with Crippen LogP contribution in [0.25, 0.3) is 0 Å². The summed E-state index contributed by atoms with van der Waals surface area (Å²) in [5, 5.41) is 0. The molecular weight excluding hydrogens is 224 g/mol. The van der Waals surface area contributed by atoms with Crippen molar-refractivity contribution in [2.24, 2.45) is 17.1 Å². The van der Waals surface area contributed by atoms with Crippen LogP contribution in [0.1, 0.15) is 59.3 Å². The first-order valence-corrected chi connectivity index (χ1v) is 7.49. The smallest absolute Gasteiger partial charge is 0.230 e. The average Bonchev–Trinajstić information content (AvgIpc) is 3.20. The molecule has 0 spiro atoms. The van der Waals surface area contributed by atoms with E-state index in [-0.39, 0.29) is 11.3 Å². The van der Waals surface area contributed by atoms with Gasteiger partial charge in [-0.15, -0.1) is 0 Å². The van der Waals surface area contributed by atoms with Crippen molar-refractivity contribution in [3.8, 4) is 0 Å². The zero-order valence-corrected chi connectivity index (χ0v) is 12.5. The summed E-state index contributed by atoms with van der Waals surface area (Å²) in [6.07, 6.45) is 6.42. The van der Waals surface area contributed by atoms with Gasteiger partial charge in [-0.25, -0.2) is 0 Å². The van der Waals surface area contributed by atoms with Gasteiger partial charge in [-0.2, -0.15) is 0 Å². The molecule has 1 aliphatic rings. The van der Waals surface area contributed by atoms with Gasteiger partial charge in [0, 0.05) is 19.6 Å². The summed E-state index contributed by atoms with van der Waals surface area (Å²) in [4.78, 5) is 14.8. The number of carbonyl (C=O) groups excluding carboxylic acids is 1. The van der Waals surface area contributed by atoms with Crippen molar-refractivity contribution < 1.29 is 4.79 Å². The van der Waals surface area contributed by atoms with E-state index in [1.807, 2.05) is 11.9 Å². The third kappa shape index (κ3) is 3.25. The monoisotopic (exact) mass is 254 g/mol. The first kappa shape index (κ1) is 15.5. The zero-order valence-electron chi connectivity index (χ0n) is 12.5. The SMILES string of the molecule is CCCC(CN)(CCC)C(=O)N(C)C(C)C1CC1. The van der Waals surface area contributed by atoms with Gasteiger partial charge in [0.05, 0.1) is 5.41 Å². The van der Waals surface area contributed by atoms with E-state index in [0.29, 0.717) is 12.6 Å². The molecule has 0 saturated heterocycles. The lowest BCUT2D eigenvalue weighted by Gasteiger charge is -2.37. The molecule has 0 aromatic heterocycles. The third-order valence-electron chi connectivity index (χ3n) is 4.54. The highest BCUT2D eigenvalue weighted by Crippen LogP contribution is 2.37. The number of carbonyl (C=O) groups is 1. The Morgan fingerprint density at radius 1 is 1.33 bits per heavy atom. The van der Waals surface area contributed by atoms with Crippen LogP contribution in [0, 0.1) is 11.3 Å². The zero-order chi connectivity index (χ0) is 13.8. The Morgan fingerprint density at radius 2 is 1.83 bits per heavy atom. The van der Waals surface area contributed by atoms with Gasteiger partial charge in [0.1, 0.15) is 0 Å². The molecule has 3 heteroatoms. The van der Waals surface area contributed by atoms with Crippen LogP contribution in [-0.2, 0) is 4.79 Å². The summed E-state index contributed by atoms with van der Waals surface area (Å²) in [6, 6.07) is 0.372. The van der Waals surface area contributed by atoms with Gasteiger partial charge in [-0.05, 0) is 38.5 Å². The summed E-state index contributed by atoms with van der Waals surface area (Å²) >= 11 is 0. The molecule has 1 fully saturated rings. The Labute approximate surface area is 112 Å². The highest BCUT2D eigenvalue weighted by atomic mass is 16.2. The van der Waals surface area contributed by atoms with E-state index in [1.165, 1.54) is 12.8 Å². The minimum Gasteiger partial charge on any atom is -0.342 e. The third-order valence-corrected chi connectivity index (χ3v) is 4.54. The lowest BCUT2D eigenvalue weighted by Crippen LogP contribution is -2.50. The van der Waals surface area contributed by atoms with E-state index in [4.69, 9.17) is 5.73 Å². The first-order chi connectivity index (χ1) is 8.52. The summed E-state index contributed by atoms with van der Waals surface area (Å²) in [7, 11) is 1.96. The Hall–Kier alpha value is -0.570. The second-order valence-electron chi connectivity index (χ2n) is 5.98. The van der Waals surface area contributed by atoms with Gasteiger partial charge in [0.2, 0.25) is 5.91 Å². The number of amides is 1. The van der Waals surface area contributed by atoms with Crippen LogP contribution in [0.5, 0.6) is 0 Å². The lowest BCUT2D eigenvalue weighted by atomic mass is 9.77. The van der Waals surface area contributed by atoms with Crippen molar-refractivity contribution in [1.82, 2.24) is 4.90 Å². The number of hydrogen-bond acceptors (Lipinski definition) is 2. The molecule has 0 aromatic rings. The molecular formula is C15H30N2O. The van der Waals surface area contributed by atoms with Crippen molar-refractivity contribution >= 4 is 5.91 Å². The van der Waals surface area contributed by atoms with Crippen LogP contribution in [0.3, 0.4) is 0 Å². The second kappa shape index (κ2) is 6.55. The van der Waals surface area contributed by atoms with Crippen LogP contribution in [0.2, 0.25) is 0 Å². The summed E-state index contributed by atoms with van der Waals surface area (Å²) in [5.74, 6) is 0.991. The maximum absolute atomic E-state index is 12.8. The second-order valence-corrected chi connectivity index (χ2v) is 5.98. The molecule has 0 aliphatic heterocycles. The van der Waals surface area contributed by atoms with E-state index in [0.717, 1.165) is 31.6 Å².